The summed E-state index contributed by atoms with van der Waals surface area (Å²) in [5.41, 5.74) is 7.05. The van der Waals surface area contributed by atoms with Gasteiger partial charge in [0.05, 0.1) is 23.8 Å². The second kappa shape index (κ2) is 18.4. The van der Waals surface area contributed by atoms with Gasteiger partial charge in [-0.05, 0) is 83.6 Å². The number of nitrogens with zero attached hydrogens (tertiary/aromatic N) is 6. The van der Waals surface area contributed by atoms with Crippen molar-refractivity contribution in [3.05, 3.63) is 154 Å². The highest BCUT2D eigenvalue weighted by atomic mass is 16.5. The first-order valence-electron chi connectivity index (χ1n) is 19.7. The fraction of sp³-hybridized carbons (Fsp3) is 0.217. The van der Waals surface area contributed by atoms with E-state index >= 15 is 0 Å². The first-order chi connectivity index (χ1) is 29.4. The first-order valence-corrected chi connectivity index (χ1v) is 19.7. The van der Waals surface area contributed by atoms with Gasteiger partial charge >= 0.3 is 0 Å². The molecule has 6 aromatic rings. The van der Waals surface area contributed by atoms with Crippen molar-refractivity contribution >= 4 is 34.6 Å². The lowest BCUT2D eigenvalue weighted by atomic mass is 9.91. The number of aromatic nitrogens is 2. The summed E-state index contributed by atoms with van der Waals surface area (Å²) in [6.07, 6.45) is 8.59. The molecule has 14 heteroatoms. The number of nitrogens with one attached hydrogen (secondary N) is 2. The van der Waals surface area contributed by atoms with Gasteiger partial charge in [0, 0.05) is 73.4 Å². The van der Waals surface area contributed by atoms with Crippen LogP contribution in [0.15, 0.2) is 130 Å². The lowest BCUT2D eigenvalue weighted by molar-refractivity contribution is -0.124. The number of pyridine rings is 2. The molecule has 2 aliphatic heterocycles. The van der Waals surface area contributed by atoms with E-state index in [2.05, 4.69) is 41.1 Å². The van der Waals surface area contributed by atoms with Crippen LogP contribution in [0.4, 0.5) is 22.7 Å². The summed E-state index contributed by atoms with van der Waals surface area (Å²) >= 11 is 0. The van der Waals surface area contributed by atoms with Crippen LogP contribution in [0.2, 0.25) is 0 Å². The SMILES string of the molecule is O=C1COc2c3cccc2Cc2cc(N=Nc4cccnc4)cc(c2O)Cc2cccc(c2OCC(=O)NCCCCN1)Cc1cc(N=Nc2cccnc2)cc(c1O)C3. The van der Waals surface area contributed by atoms with E-state index in [1.54, 1.807) is 73.3 Å². The molecular weight excluding hydrogens is 761 g/mol. The van der Waals surface area contributed by atoms with E-state index in [4.69, 9.17) is 9.47 Å². The number of carbonyl (C=O) groups is 2. The monoisotopic (exact) mass is 802 g/mol. The molecule has 2 aromatic heterocycles. The summed E-state index contributed by atoms with van der Waals surface area (Å²) < 4.78 is 12.8. The Balaban J connectivity index is 1.33. The van der Waals surface area contributed by atoms with Crippen molar-refractivity contribution in [2.24, 2.45) is 20.5 Å². The van der Waals surface area contributed by atoms with E-state index in [0.29, 0.717) is 105 Å². The normalized spacial score (nSPS) is 14.9. The average Bonchev–Trinajstić information content (AvgIpc) is 3.26. The Kier molecular flexibility index (Phi) is 12.1. The number of amides is 2. The summed E-state index contributed by atoms with van der Waals surface area (Å²) in [6.45, 7) is 0.243. The van der Waals surface area contributed by atoms with Crippen molar-refractivity contribution in [2.75, 3.05) is 26.3 Å². The Labute approximate surface area is 346 Å². The summed E-state index contributed by atoms with van der Waals surface area (Å²) in [5, 5.41) is 47.8. The number of hydrogen-bond acceptors (Lipinski definition) is 12. The highest BCUT2D eigenvalue weighted by Gasteiger charge is 2.23. The molecule has 0 radical (unpaired) electrons. The molecule has 0 saturated heterocycles. The van der Waals surface area contributed by atoms with Gasteiger partial charge in [0.25, 0.3) is 11.8 Å². The minimum Gasteiger partial charge on any atom is -0.507 e. The predicted molar refractivity (Wildman–Crippen MR) is 223 cm³/mol. The fourth-order valence-corrected chi connectivity index (χ4v) is 7.30. The molecule has 0 fully saturated rings. The van der Waals surface area contributed by atoms with Crippen LogP contribution in [0.25, 0.3) is 0 Å². The van der Waals surface area contributed by atoms with Gasteiger partial charge in [-0.25, -0.2) is 0 Å². The lowest BCUT2D eigenvalue weighted by Crippen LogP contribution is -2.32. The van der Waals surface area contributed by atoms with E-state index in [-0.39, 0.29) is 62.2 Å². The highest BCUT2D eigenvalue weighted by Crippen LogP contribution is 2.41. The quantitative estimate of drug-likeness (QED) is 0.128. The second-order valence-electron chi connectivity index (χ2n) is 14.5. The van der Waals surface area contributed by atoms with E-state index in [1.165, 1.54) is 0 Å². The Morgan fingerprint density at radius 1 is 0.483 bits per heavy atom. The molecule has 4 heterocycles. The van der Waals surface area contributed by atoms with E-state index < -0.39 is 0 Å². The molecule has 4 N–H and O–H groups in total. The van der Waals surface area contributed by atoms with Gasteiger partial charge < -0.3 is 30.3 Å². The Morgan fingerprint density at radius 2 is 0.850 bits per heavy atom. The van der Waals surface area contributed by atoms with Gasteiger partial charge in [-0.2, -0.15) is 10.2 Å². The predicted octanol–water partition coefficient (Wildman–Crippen LogP) is 8.18. The average molecular weight is 803 g/mol. The summed E-state index contributed by atoms with van der Waals surface area (Å²) in [4.78, 5) is 34.6. The van der Waals surface area contributed by atoms with Crippen LogP contribution in [0, 0.1) is 0 Å². The van der Waals surface area contributed by atoms with Crippen LogP contribution >= 0.6 is 0 Å². The van der Waals surface area contributed by atoms with Crippen LogP contribution < -0.4 is 20.1 Å². The Bertz CT molecular complexity index is 2310. The number of hydrogen-bond donors (Lipinski definition) is 4. The lowest BCUT2D eigenvalue weighted by Gasteiger charge is -2.21. The Hall–Kier alpha value is -7.48. The van der Waals surface area contributed by atoms with Gasteiger partial charge in [-0.1, -0.05) is 36.4 Å². The van der Waals surface area contributed by atoms with Gasteiger partial charge in [-0.3, -0.25) is 19.6 Å². The molecule has 3 aliphatic rings. The number of aromatic hydroxyl groups is 2. The minimum absolute atomic E-state index is 0.0444. The zero-order chi connectivity index (χ0) is 41.3. The van der Waals surface area contributed by atoms with Crippen LogP contribution in [0.3, 0.4) is 0 Å². The minimum atomic E-state index is -0.316. The van der Waals surface area contributed by atoms with Gasteiger partial charge in [0.1, 0.15) is 34.4 Å². The molecule has 0 atom stereocenters. The molecule has 0 saturated carbocycles. The number of para-hydroxylation sites is 2. The number of rotatable bonds is 4. The zero-order valence-corrected chi connectivity index (χ0v) is 32.7. The number of phenolic OH excluding ortho intramolecular Hbond substituents is 2. The van der Waals surface area contributed by atoms with Crippen LogP contribution in [0.5, 0.6) is 23.0 Å². The topological polar surface area (TPSA) is 192 Å². The molecular formula is C46H42N8O6. The number of azo groups is 2. The largest absolute Gasteiger partial charge is 0.507 e. The smallest absolute Gasteiger partial charge is 0.257 e. The number of ether oxygens (including phenoxy) is 2. The Morgan fingerprint density at radius 3 is 1.20 bits per heavy atom. The third kappa shape index (κ3) is 9.61. The third-order valence-corrected chi connectivity index (χ3v) is 10.2. The summed E-state index contributed by atoms with van der Waals surface area (Å²) in [6, 6.07) is 25.6. The van der Waals surface area contributed by atoms with Crippen molar-refractivity contribution in [2.45, 2.75) is 38.5 Å². The van der Waals surface area contributed by atoms with Crippen molar-refractivity contribution < 1.29 is 29.3 Å². The van der Waals surface area contributed by atoms with E-state index in [0.717, 1.165) is 0 Å². The standard InChI is InChI=1S/C46H42N8O6/c55-41-27-59-45-29-7-3-8-30(45)18-34-22-40(54-52-38-12-6-14-48-26-38)24-36(44(34)58)20-32-10-4-9-31(46(32)60-28-42(56)50-16-2-1-15-49-41)19-35-23-39(21-33(17-29)43(35)57)53-51-37-11-5-13-47-25-37/h3-14,21-26,57-58H,1-2,15-20,27-28H2,(H,49,55)(H,50,56). The maximum Gasteiger partial charge on any atom is 0.257 e. The first kappa shape index (κ1) is 39.4. The molecule has 9 rings (SSSR count). The van der Waals surface area contributed by atoms with Gasteiger partial charge in [-0.15, -0.1) is 10.2 Å². The molecule has 10 bridgehead atoms. The van der Waals surface area contributed by atoms with Gasteiger partial charge in [0.2, 0.25) is 0 Å². The fourth-order valence-electron chi connectivity index (χ4n) is 7.30. The van der Waals surface area contributed by atoms with Crippen LogP contribution in [-0.2, 0) is 35.3 Å². The number of fused-ring (bicyclic) bond motifs is 11. The molecule has 302 valence electrons. The molecule has 14 nitrogen and oxygen atoms in total. The summed E-state index contributed by atoms with van der Waals surface area (Å²) in [7, 11) is 0. The molecule has 0 unspecified atom stereocenters. The maximum absolute atomic E-state index is 13.2. The van der Waals surface area contributed by atoms with Crippen LogP contribution in [-0.4, -0.2) is 58.3 Å². The van der Waals surface area contributed by atoms with Crippen molar-refractivity contribution in [3.63, 3.8) is 0 Å². The van der Waals surface area contributed by atoms with Gasteiger partial charge in [0.15, 0.2) is 13.2 Å². The van der Waals surface area contributed by atoms with E-state index in [9.17, 15) is 19.8 Å². The molecule has 60 heavy (non-hydrogen) atoms. The maximum atomic E-state index is 13.2. The third-order valence-electron chi connectivity index (χ3n) is 10.2. The molecule has 0 spiro atoms. The van der Waals surface area contributed by atoms with Crippen molar-refractivity contribution in [3.8, 4) is 23.0 Å². The molecule has 2 amide bonds. The number of phenols is 2. The second-order valence-corrected chi connectivity index (χ2v) is 14.5. The number of benzene rings is 4. The highest BCUT2D eigenvalue weighted by molar-refractivity contribution is 5.78. The zero-order valence-electron chi connectivity index (χ0n) is 32.7. The molecule has 1 aliphatic carbocycles. The van der Waals surface area contributed by atoms with Crippen molar-refractivity contribution in [1.29, 1.82) is 0 Å². The molecule has 4 aromatic carbocycles. The summed E-state index contributed by atoms with van der Waals surface area (Å²) in [5.74, 6) is 0.348. The van der Waals surface area contributed by atoms with Crippen LogP contribution in [0.1, 0.15) is 57.3 Å². The number of carbonyl (C=O) groups excluding carboxylic acids is 2. The van der Waals surface area contributed by atoms with Crippen molar-refractivity contribution in [1.82, 2.24) is 20.6 Å². The van der Waals surface area contributed by atoms with E-state index in [1.807, 2.05) is 36.4 Å².